The molecule has 2 aromatic carbocycles. The Morgan fingerprint density at radius 1 is 0.788 bits per heavy atom. The number of fused-ring (bicyclic) bond motifs is 1. The van der Waals surface area contributed by atoms with Crippen molar-refractivity contribution in [3.63, 3.8) is 0 Å². The molecule has 2 aliphatic carbocycles. The molecule has 0 aromatic heterocycles. The molecule has 1 unspecified atom stereocenters. The van der Waals surface area contributed by atoms with Crippen LogP contribution in [0.2, 0.25) is 5.82 Å². The van der Waals surface area contributed by atoms with Crippen molar-refractivity contribution >= 4 is 24.2 Å². The number of nitrogens with zero attached hydrogens (tertiary/aromatic N) is 1. The number of nitrogens with one attached hydrogen (secondary N) is 1. The molecule has 33 heavy (non-hydrogen) atoms. The summed E-state index contributed by atoms with van der Waals surface area (Å²) in [4.78, 5) is 0. The van der Waals surface area contributed by atoms with E-state index in [0.29, 0.717) is 0 Å². The van der Waals surface area contributed by atoms with Gasteiger partial charge in [0.1, 0.15) is 0 Å². The molecule has 5 rings (SSSR count). The van der Waals surface area contributed by atoms with E-state index in [1.165, 1.54) is 43.1 Å². The van der Waals surface area contributed by atoms with Gasteiger partial charge in [-0.2, -0.15) is 18.3 Å². The second kappa shape index (κ2) is 9.40. The lowest BCUT2D eigenvalue weighted by atomic mass is 9.52. The van der Waals surface area contributed by atoms with E-state index in [4.69, 9.17) is 5.10 Å². The maximum atomic E-state index is 13.0. The molecular formula is C27H29BF3N2. The Kier molecular flexibility index (Phi) is 6.35. The van der Waals surface area contributed by atoms with Crippen molar-refractivity contribution in [2.24, 2.45) is 11.0 Å². The van der Waals surface area contributed by atoms with Crippen LogP contribution >= 0.6 is 0 Å². The number of allylic oxidation sites excluding steroid dienone is 1. The summed E-state index contributed by atoms with van der Waals surface area (Å²) in [7, 11) is 2.37. The lowest BCUT2D eigenvalue weighted by molar-refractivity contribution is -0.137. The summed E-state index contributed by atoms with van der Waals surface area (Å²) in [6.07, 6.45) is 6.21. The first-order valence-electron chi connectivity index (χ1n) is 12.2. The monoisotopic (exact) mass is 449 g/mol. The molecule has 1 N–H and O–H groups in total. The Morgan fingerprint density at radius 3 is 2.15 bits per heavy atom. The smallest absolute Gasteiger partial charge is 0.278 e. The van der Waals surface area contributed by atoms with Crippen LogP contribution in [0.4, 0.5) is 13.2 Å². The Hall–Kier alpha value is -2.50. The van der Waals surface area contributed by atoms with E-state index in [9.17, 15) is 13.2 Å². The average molecular weight is 449 g/mol. The number of alkyl halides is 3. The van der Waals surface area contributed by atoms with Crippen LogP contribution in [0.25, 0.3) is 5.70 Å². The van der Waals surface area contributed by atoms with Crippen LogP contribution in [0.3, 0.4) is 0 Å². The Labute approximate surface area is 194 Å². The van der Waals surface area contributed by atoms with Crippen LogP contribution in [-0.4, -0.2) is 13.0 Å². The summed E-state index contributed by atoms with van der Waals surface area (Å²) in [5.74, 6) is 0.857. The summed E-state index contributed by atoms with van der Waals surface area (Å²) < 4.78 is 39.1. The highest BCUT2D eigenvalue weighted by Crippen LogP contribution is 2.38. The molecule has 2 nitrogen and oxygen atoms in total. The molecule has 1 aliphatic heterocycles. The van der Waals surface area contributed by atoms with E-state index in [1.54, 1.807) is 12.1 Å². The highest BCUT2D eigenvalue weighted by Gasteiger charge is 2.32. The summed E-state index contributed by atoms with van der Waals surface area (Å²) >= 11 is 0. The minimum absolute atomic E-state index is 0.138. The minimum atomic E-state index is -4.33. The third kappa shape index (κ3) is 4.90. The largest absolute Gasteiger partial charge is 0.416 e. The van der Waals surface area contributed by atoms with Crippen molar-refractivity contribution < 1.29 is 13.2 Å². The molecular weight excluding hydrogens is 420 g/mol. The number of halogens is 3. The fourth-order valence-electron chi connectivity index (χ4n) is 5.22. The molecule has 2 aromatic rings. The predicted octanol–water partition coefficient (Wildman–Crippen LogP) is 6.70. The predicted molar refractivity (Wildman–Crippen MR) is 129 cm³/mol. The maximum Gasteiger partial charge on any atom is 0.416 e. The van der Waals surface area contributed by atoms with E-state index in [1.807, 2.05) is 0 Å². The van der Waals surface area contributed by atoms with E-state index >= 15 is 0 Å². The zero-order valence-electron chi connectivity index (χ0n) is 18.8. The highest BCUT2D eigenvalue weighted by atomic mass is 19.4. The Bertz CT molecular complexity index is 1030. The molecule has 0 amide bonds. The van der Waals surface area contributed by atoms with Crippen LogP contribution in [0, 0.1) is 5.92 Å². The number of hydrazone groups is 1. The molecule has 2 saturated carbocycles. The van der Waals surface area contributed by atoms with Crippen LogP contribution in [0.1, 0.15) is 74.5 Å². The lowest BCUT2D eigenvalue weighted by Crippen LogP contribution is -2.30. The van der Waals surface area contributed by atoms with E-state index in [0.717, 1.165) is 66.2 Å². The number of hydrogen-bond acceptors (Lipinski definition) is 2. The van der Waals surface area contributed by atoms with Crippen LogP contribution < -0.4 is 10.9 Å². The van der Waals surface area contributed by atoms with Crippen molar-refractivity contribution in [2.45, 2.75) is 69.8 Å². The fourth-order valence-corrected chi connectivity index (χ4v) is 5.22. The lowest BCUT2D eigenvalue weighted by Gasteiger charge is -2.31. The molecule has 0 bridgehead atoms. The molecule has 0 saturated heterocycles. The van der Waals surface area contributed by atoms with Crippen molar-refractivity contribution in [3.8, 4) is 0 Å². The number of benzene rings is 2. The van der Waals surface area contributed by atoms with Crippen molar-refractivity contribution in [1.82, 2.24) is 5.43 Å². The summed E-state index contributed by atoms with van der Waals surface area (Å²) in [6.45, 7) is 0. The Morgan fingerprint density at radius 2 is 1.48 bits per heavy atom. The third-order valence-electron chi connectivity index (χ3n) is 7.33. The van der Waals surface area contributed by atoms with Gasteiger partial charge in [-0.25, -0.2) is 0 Å². The standard InChI is InChI=1S/C27H29BF3N2/c29-27(30,31)20-14-10-18(11-15-20)25-23-8-3-1-2-4-9-24(23)26(33-32-25)19-12-16-22(17-13-19)28-21-6-5-7-21/h10-17,21,23,33H,1-9H2. The molecule has 1 atom stereocenters. The van der Waals surface area contributed by atoms with Gasteiger partial charge in [-0.05, 0) is 48.1 Å². The number of rotatable bonds is 4. The maximum absolute atomic E-state index is 13.0. The Balaban J connectivity index is 1.43. The summed E-state index contributed by atoms with van der Waals surface area (Å²) in [5, 5.41) is 4.72. The second-order valence-corrected chi connectivity index (χ2v) is 9.57. The summed E-state index contributed by atoms with van der Waals surface area (Å²) in [5.41, 5.74) is 9.13. The van der Waals surface area contributed by atoms with Gasteiger partial charge in [0.15, 0.2) is 7.28 Å². The van der Waals surface area contributed by atoms with Gasteiger partial charge >= 0.3 is 6.18 Å². The topological polar surface area (TPSA) is 24.4 Å². The minimum Gasteiger partial charge on any atom is -0.278 e. The van der Waals surface area contributed by atoms with E-state index in [2.05, 4.69) is 37.0 Å². The molecule has 171 valence electrons. The van der Waals surface area contributed by atoms with E-state index in [-0.39, 0.29) is 5.92 Å². The van der Waals surface area contributed by atoms with Gasteiger partial charge in [-0.15, -0.1) is 0 Å². The summed E-state index contributed by atoms with van der Waals surface area (Å²) in [6, 6.07) is 14.2. The van der Waals surface area contributed by atoms with Crippen molar-refractivity contribution in [2.75, 3.05) is 0 Å². The van der Waals surface area contributed by atoms with Gasteiger partial charge in [-0.1, -0.05) is 86.2 Å². The van der Waals surface area contributed by atoms with Gasteiger partial charge < -0.3 is 0 Å². The first kappa shape index (κ1) is 22.3. The van der Waals surface area contributed by atoms with Crippen molar-refractivity contribution in [1.29, 1.82) is 0 Å². The molecule has 6 heteroatoms. The zero-order valence-corrected chi connectivity index (χ0v) is 18.8. The first-order valence-corrected chi connectivity index (χ1v) is 12.2. The van der Waals surface area contributed by atoms with Gasteiger partial charge in [0, 0.05) is 5.92 Å². The normalized spacial score (nSPS) is 21.8. The van der Waals surface area contributed by atoms with Crippen molar-refractivity contribution in [3.05, 3.63) is 70.8 Å². The fraction of sp³-hybridized carbons (Fsp3) is 0.444. The zero-order chi connectivity index (χ0) is 22.8. The highest BCUT2D eigenvalue weighted by molar-refractivity contribution is 6.55. The molecule has 3 aliphatic rings. The molecule has 1 radical (unpaired) electrons. The SMILES string of the molecule is FC(F)(F)c1ccc(C2=NNC(c3ccc([B]C4CCC4)cc3)=C3CCCCCCC23)cc1. The van der Waals surface area contributed by atoms with Crippen LogP contribution in [0.15, 0.2) is 59.2 Å². The van der Waals surface area contributed by atoms with Crippen LogP contribution in [-0.2, 0) is 6.18 Å². The molecule has 1 heterocycles. The van der Waals surface area contributed by atoms with Crippen LogP contribution in [0.5, 0.6) is 0 Å². The quantitative estimate of drug-likeness (QED) is 0.517. The molecule has 2 fully saturated rings. The first-order chi connectivity index (χ1) is 16.0. The number of hydrogen-bond donors (Lipinski definition) is 1. The van der Waals surface area contributed by atoms with E-state index < -0.39 is 11.7 Å². The van der Waals surface area contributed by atoms with Gasteiger partial charge in [0.25, 0.3) is 0 Å². The second-order valence-electron chi connectivity index (χ2n) is 9.57. The van der Waals surface area contributed by atoms with Gasteiger partial charge in [0.2, 0.25) is 0 Å². The average Bonchev–Trinajstić information content (AvgIpc) is 2.76. The van der Waals surface area contributed by atoms with Gasteiger partial charge in [0.05, 0.1) is 17.0 Å². The van der Waals surface area contributed by atoms with Gasteiger partial charge in [-0.3, -0.25) is 5.43 Å². The third-order valence-corrected chi connectivity index (χ3v) is 7.33. The molecule has 0 spiro atoms.